The number of urea groups is 1. The molecule has 0 unspecified atom stereocenters. The summed E-state index contributed by atoms with van der Waals surface area (Å²) in [5, 5.41) is 2.91. The molecule has 0 heterocycles. The summed E-state index contributed by atoms with van der Waals surface area (Å²) in [5.74, 6) is -0.853. The highest BCUT2D eigenvalue weighted by Crippen LogP contribution is 2.22. The van der Waals surface area contributed by atoms with E-state index in [0.717, 1.165) is 35.4 Å². The van der Waals surface area contributed by atoms with Crippen LogP contribution in [0.4, 0.5) is 19.3 Å². The van der Waals surface area contributed by atoms with Crippen molar-refractivity contribution in [2.24, 2.45) is 0 Å². The van der Waals surface area contributed by atoms with Crippen molar-refractivity contribution in [1.29, 1.82) is 0 Å². The third-order valence-electron chi connectivity index (χ3n) is 5.57. The molecule has 0 aliphatic carbocycles. The second-order valence-electron chi connectivity index (χ2n) is 8.36. The number of hydrogen-bond donors (Lipinski definition) is 1. The fraction of sp³-hybridized carbons (Fsp3) is 0.107. The Kier molecular flexibility index (Phi) is 7.83. The Bertz CT molecular complexity index is 1470. The number of hydrogen-bond acceptors (Lipinski definition) is 4. The molecule has 1 N–H and O–H groups in total. The minimum Gasteiger partial charge on any atom is -0.379 e. The van der Waals surface area contributed by atoms with Gasteiger partial charge in [0.1, 0.15) is 22.3 Å². The molecule has 0 radical (unpaired) electrons. The van der Waals surface area contributed by atoms with Gasteiger partial charge in [0.05, 0.1) is 0 Å². The van der Waals surface area contributed by atoms with Crippen LogP contribution in [0.3, 0.4) is 0 Å². The average Bonchev–Trinajstić information content (AvgIpc) is 2.87. The topological polar surface area (TPSA) is 75.7 Å². The van der Waals surface area contributed by atoms with Gasteiger partial charge >= 0.3 is 16.1 Å². The molecular weight excluding hydrogens is 498 g/mol. The standard InChI is InChI=1S/C28H24F2N2O4S/c1-20-4-2-3-5-27(20)31-28(33)32(18-21-6-10-23(29)11-7-21)19-22-8-14-25(15-9-22)36-37(34,35)26-16-12-24(30)13-17-26/h2-17H,18-19H2,1H3,(H,31,33). The van der Waals surface area contributed by atoms with Crippen LogP contribution in [0.25, 0.3) is 0 Å². The Balaban J connectivity index is 1.50. The van der Waals surface area contributed by atoms with Crippen molar-refractivity contribution in [2.45, 2.75) is 24.9 Å². The predicted octanol–water partition coefficient (Wildman–Crippen LogP) is 6.28. The Hall–Kier alpha value is -4.24. The molecule has 9 heteroatoms. The molecule has 0 bridgehead atoms. The highest BCUT2D eigenvalue weighted by molar-refractivity contribution is 7.87. The molecule has 37 heavy (non-hydrogen) atoms. The molecule has 0 aliphatic rings. The summed E-state index contributed by atoms with van der Waals surface area (Å²) >= 11 is 0. The van der Waals surface area contributed by atoms with Gasteiger partial charge in [0.25, 0.3) is 0 Å². The first-order valence-corrected chi connectivity index (χ1v) is 12.8. The second-order valence-corrected chi connectivity index (χ2v) is 9.91. The fourth-order valence-corrected chi connectivity index (χ4v) is 4.49. The van der Waals surface area contributed by atoms with E-state index in [1.807, 2.05) is 25.1 Å². The maximum absolute atomic E-state index is 13.4. The van der Waals surface area contributed by atoms with E-state index in [4.69, 9.17) is 4.18 Å². The van der Waals surface area contributed by atoms with Gasteiger partial charge in [-0.2, -0.15) is 8.42 Å². The van der Waals surface area contributed by atoms with E-state index in [-0.39, 0.29) is 35.6 Å². The lowest BCUT2D eigenvalue weighted by Gasteiger charge is -2.24. The van der Waals surface area contributed by atoms with Crippen LogP contribution < -0.4 is 9.50 Å². The summed E-state index contributed by atoms with van der Waals surface area (Å²) in [6, 6.07) is 23.5. The highest BCUT2D eigenvalue weighted by atomic mass is 32.2. The van der Waals surface area contributed by atoms with Crippen LogP contribution in [0, 0.1) is 18.6 Å². The number of nitrogens with one attached hydrogen (secondary N) is 1. The van der Waals surface area contributed by atoms with Crippen molar-refractivity contribution in [2.75, 3.05) is 5.32 Å². The number of carbonyl (C=O) groups excluding carboxylic acids is 1. The third kappa shape index (κ3) is 6.92. The number of anilines is 1. The summed E-state index contributed by atoms with van der Waals surface area (Å²) in [6.45, 7) is 2.30. The fourth-order valence-electron chi connectivity index (χ4n) is 3.56. The summed E-state index contributed by atoms with van der Waals surface area (Å²) in [7, 11) is -4.13. The van der Waals surface area contributed by atoms with Crippen molar-refractivity contribution in [1.82, 2.24) is 4.90 Å². The molecule has 6 nitrogen and oxygen atoms in total. The zero-order chi connectivity index (χ0) is 26.4. The molecule has 190 valence electrons. The lowest BCUT2D eigenvalue weighted by molar-refractivity contribution is 0.206. The number of rotatable bonds is 8. The average molecular weight is 523 g/mol. The maximum atomic E-state index is 13.4. The van der Waals surface area contributed by atoms with Crippen molar-refractivity contribution < 1.29 is 26.2 Å². The maximum Gasteiger partial charge on any atom is 0.339 e. The Morgan fingerprint density at radius 1 is 0.784 bits per heavy atom. The molecule has 0 saturated heterocycles. The Morgan fingerprint density at radius 3 is 1.86 bits per heavy atom. The number of aryl methyl sites for hydroxylation is 1. The van der Waals surface area contributed by atoms with E-state index in [1.54, 1.807) is 35.2 Å². The normalized spacial score (nSPS) is 11.1. The number of halogens is 2. The third-order valence-corrected chi connectivity index (χ3v) is 6.83. The van der Waals surface area contributed by atoms with Crippen LogP contribution in [0.2, 0.25) is 0 Å². The molecule has 2 amide bonds. The van der Waals surface area contributed by atoms with Crippen LogP contribution in [0.1, 0.15) is 16.7 Å². The van der Waals surface area contributed by atoms with E-state index in [2.05, 4.69) is 5.32 Å². The van der Waals surface area contributed by atoms with E-state index in [1.165, 1.54) is 24.3 Å². The number of carbonyl (C=O) groups is 1. The number of amides is 2. The Morgan fingerprint density at radius 2 is 1.30 bits per heavy atom. The number of benzene rings is 4. The highest BCUT2D eigenvalue weighted by Gasteiger charge is 2.18. The van der Waals surface area contributed by atoms with Crippen molar-refractivity contribution in [3.8, 4) is 5.75 Å². The molecule has 0 aromatic heterocycles. The summed E-state index contributed by atoms with van der Waals surface area (Å²) in [5.41, 5.74) is 3.04. The molecule has 0 spiro atoms. The van der Waals surface area contributed by atoms with Crippen LogP contribution in [0.5, 0.6) is 5.75 Å². The van der Waals surface area contributed by atoms with E-state index >= 15 is 0 Å². The van der Waals surface area contributed by atoms with Crippen molar-refractivity contribution in [3.05, 3.63) is 125 Å². The van der Waals surface area contributed by atoms with E-state index < -0.39 is 15.9 Å². The van der Waals surface area contributed by atoms with Crippen LogP contribution in [-0.4, -0.2) is 19.3 Å². The summed E-state index contributed by atoms with van der Waals surface area (Å²) < 4.78 is 56.6. The smallest absolute Gasteiger partial charge is 0.339 e. The number of para-hydroxylation sites is 1. The van der Waals surface area contributed by atoms with Crippen LogP contribution in [0.15, 0.2) is 102 Å². The summed E-state index contributed by atoms with van der Waals surface area (Å²) in [4.78, 5) is 14.6. The minimum absolute atomic E-state index is 0.0718. The van der Waals surface area contributed by atoms with E-state index in [0.29, 0.717) is 11.3 Å². The molecule has 4 rings (SSSR count). The first kappa shape index (κ1) is 25.8. The van der Waals surface area contributed by atoms with Gasteiger partial charge in [-0.3, -0.25) is 0 Å². The lowest BCUT2D eigenvalue weighted by Crippen LogP contribution is -2.34. The molecule has 4 aromatic carbocycles. The van der Waals surface area contributed by atoms with Gasteiger partial charge in [0.15, 0.2) is 0 Å². The molecular formula is C28H24F2N2O4S. The Labute approximate surface area is 214 Å². The molecule has 0 saturated carbocycles. The predicted molar refractivity (Wildman–Crippen MR) is 137 cm³/mol. The molecule has 0 fully saturated rings. The van der Waals surface area contributed by atoms with Gasteiger partial charge in [-0.1, -0.05) is 42.5 Å². The monoisotopic (exact) mass is 522 g/mol. The zero-order valence-electron chi connectivity index (χ0n) is 19.9. The largest absolute Gasteiger partial charge is 0.379 e. The summed E-state index contributed by atoms with van der Waals surface area (Å²) in [6.07, 6.45) is 0. The van der Waals surface area contributed by atoms with Crippen LogP contribution >= 0.6 is 0 Å². The van der Waals surface area contributed by atoms with E-state index in [9.17, 15) is 22.0 Å². The van der Waals surface area contributed by atoms with Crippen molar-refractivity contribution in [3.63, 3.8) is 0 Å². The van der Waals surface area contributed by atoms with Gasteiger partial charge in [0.2, 0.25) is 0 Å². The zero-order valence-corrected chi connectivity index (χ0v) is 20.7. The van der Waals surface area contributed by atoms with Crippen LogP contribution in [-0.2, 0) is 23.2 Å². The van der Waals surface area contributed by atoms with Gasteiger partial charge in [-0.25, -0.2) is 13.6 Å². The quantitative estimate of drug-likeness (QED) is 0.277. The molecule has 4 aromatic rings. The van der Waals surface area contributed by atoms with Gasteiger partial charge < -0.3 is 14.4 Å². The van der Waals surface area contributed by atoms with Gasteiger partial charge in [-0.05, 0) is 78.2 Å². The first-order chi connectivity index (χ1) is 17.7. The first-order valence-electron chi connectivity index (χ1n) is 11.3. The molecule has 0 aliphatic heterocycles. The molecule has 0 atom stereocenters. The number of nitrogens with zero attached hydrogens (tertiary/aromatic N) is 1. The van der Waals surface area contributed by atoms with Gasteiger partial charge in [-0.15, -0.1) is 0 Å². The van der Waals surface area contributed by atoms with Crippen molar-refractivity contribution >= 4 is 21.8 Å². The second kappa shape index (κ2) is 11.2. The minimum atomic E-state index is -4.13. The SMILES string of the molecule is Cc1ccccc1NC(=O)N(Cc1ccc(F)cc1)Cc1ccc(OS(=O)(=O)c2ccc(F)cc2)cc1. The lowest BCUT2D eigenvalue weighted by atomic mass is 10.1. The van der Waals surface area contributed by atoms with Gasteiger partial charge in [0, 0.05) is 18.8 Å².